The van der Waals surface area contributed by atoms with Crippen molar-refractivity contribution in [2.45, 2.75) is 37.8 Å². The number of hydrogen-bond acceptors (Lipinski definition) is 3. The number of halogens is 1. The molecular formula is C13H19FN2O2S. The fraction of sp³-hybridized carbons (Fsp3) is 0.538. The predicted molar refractivity (Wildman–Crippen MR) is 72.0 cm³/mol. The molecule has 0 spiro atoms. The summed E-state index contributed by atoms with van der Waals surface area (Å²) in [5.41, 5.74) is 0.733. The Balaban J connectivity index is 2.39. The Morgan fingerprint density at radius 1 is 1.26 bits per heavy atom. The first-order chi connectivity index (χ1) is 8.80. The molecule has 19 heavy (non-hydrogen) atoms. The first-order valence-electron chi connectivity index (χ1n) is 6.33. The fourth-order valence-corrected chi connectivity index (χ4v) is 4.19. The second-order valence-corrected chi connectivity index (χ2v) is 7.13. The lowest BCUT2D eigenvalue weighted by atomic mass is 10.2. The highest BCUT2D eigenvalue weighted by atomic mass is 32.2. The molecule has 6 heteroatoms. The molecule has 1 saturated heterocycles. The van der Waals surface area contributed by atoms with Gasteiger partial charge in [0.2, 0.25) is 10.0 Å². The van der Waals surface area contributed by atoms with Crippen molar-refractivity contribution < 1.29 is 12.8 Å². The van der Waals surface area contributed by atoms with Gasteiger partial charge in [-0.2, -0.15) is 4.31 Å². The number of rotatable bonds is 2. The van der Waals surface area contributed by atoms with Gasteiger partial charge in [-0.25, -0.2) is 12.8 Å². The fourth-order valence-electron chi connectivity index (χ4n) is 2.42. The number of nitrogens with one attached hydrogen (secondary N) is 1. The normalized spacial score (nSPS) is 25.5. The Morgan fingerprint density at radius 2 is 1.84 bits per heavy atom. The third kappa shape index (κ3) is 2.96. The van der Waals surface area contributed by atoms with E-state index < -0.39 is 15.8 Å². The largest absolute Gasteiger partial charge is 0.309 e. The van der Waals surface area contributed by atoms with Gasteiger partial charge < -0.3 is 5.32 Å². The van der Waals surface area contributed by atoms with E-state index in [-0.39, 0.29) is 17.0 Å². The summed E-state index contributed by atoms with van der Waals surface area (Å²) in [6, 6.07) is 4.29. The van der Waals surface area contributed by atoms with Gasteiger partial charge in [0.1, 0.15) is 10.7 Å². The number of aryl methyl sites for hydroxylation is 1. The van der Waals surface area contributed by atoms with E-state index in [0.717, 1.165) is 5.56 Å². The Labute approximate surface area is 113 Å². The van der Waals surface area contributed by atoms with Crippen LogP contribution < -0.4 is 5.32 Å². The number of hydrogen-bond donors (Lipinski definition) is 1. The van der Waals surface area contributed by atoms with E-state index in [4.69, 9.17) is 0 Å². The number of sulfonamides is 1. The smallest absolute Gasteiger partial charge is 0.246 e. The Kier molecular flexibility index (Phi) is 3.94. The molecule has 0 aliphatic carbocycles. The van der Waals surface area contributed by atoms with Crippen LogP contribution >= 0.6 is 0 Å². The van der Waals surface area contributed by atoms with Gasteiger partial charge in [0.05, 0.1) is 0 Å². The zero-order chi connectivity index (χ0) is 14.2. The van der Waals surface area contributed by atoms with Crippen LogP contribution in [0, 0.1) is 12.7 Å². The van der Waals surface area contributed by atoms with Gasteiger partial charge in [-0.15, -0.1) is 0 Å². The van der Waals surface area contributed by atoms with E-state index >= 15 is 0 Å². The zero-order valence-corrected chi connectivity index (χ0v) is 12.2. The maximum atomic E-state index is 13.8. The SMILES string of the molecule is Cc1ccc(F)c(S(=O)(=O)N2C[C@@H](C)N[C@@H](C)C2)c1. The lowest BCUT2D eigenvalue weighted by molar-refractivity contribution is 0.262. The highest BCUT2D eigenvalue weighted by Crippen LogP contribution is 2.22. The maximum absolute atomic E-state index is 13.8. The summed E-state index contributed by atoms with van der Waals surface area (Å²) in [5.74, 6) is -0.690. The minimum absolute atomic E-state index is 0.0615. The van der Waals surface area contributed by atoms with Gasteiger partial charge in [0.15, 0.2) is 0 Å². The summed E-state index contributed by atoms with van der Waals surface area (Å²) in [7, 11) is -3.76. The molecule has 0 saturated carbocycles. The number of benzene rings is 1. The molecule has 1 aromatic rings. The molecule has 1 aliphatic heterocycles. The van der Waals surface area contributed by atoms with Crippen LogP contribution in [0.3, 0.4) is 0 Å². The third-order valence-electron chi connectivity index (χ3n) is 3.23. The van der Waals surface area contributed by atoms with Gasteiger partial charge in [-0.1, -0.05) is 6.07 Å². The molecular weight excluding hydrogens is 267 g/mol. The monoisotopic (exact) mass is 286 g/mol. The van der Waals surface area contributed by atoms with E-state index in [0.29, 0.717) is 13.1 Å². The third-order valence-corrected chi connectivity index (χ3v) is 5.08. The zero-order valence-electron chi connectivity index (χ0n) is 11.4. The second-order valence-electron chi connectivity index (χ2n) is 5.22. The van der Waals surface area contributed by atoms with Crippen molar-refractivity contribution in [3.05, 3.63) is 29.6 Å². The first kappa shape index (κ1) is 14.4. The van der Waals surface area contributed by atoms with Crippen molar-refractivity contribution in [1.29, 1.82) is 0 Å². The van der Waals surface area contributed by atoms with Crippen molar-refractivity contribution in [2.24, 2.45) is 0 Å². The molecule has 0 aromatic heterocycles. The summed E-state index contributed by atoms with van der Waals surface area (Å²) in [6.45, 7) is 6.32. The van der Waals surface area contributed by atoms with Crippen molar-refractivity contribution in [3.8, 4) is 0 Å². The maximum Gasteiger partial charge on any atom is 0.246 e. The minimum atomic E-state index is -3.76. The van der Waals surface area contributed by atoms with Crippen LogP contribution in [0.2, 0.25) is 0 Å². The molecule has 2 atom stereocenters. The quantitative estimate of drug-likeness (QED) is 0.896. The van der Waals surface area contributed by atoms with Crippen molar-refractivity contribution in [2.75, 3.05) is 13.1 Å². The average Bonchev–Trinajstić information content (AvgIpc) is 2.31. The highest BCUT2D eigenvalue weighted by molar-refractivity contribution is 7.89. The first-order valence-corrected chi connectivity index (χ1v) is 7.77. The van der Waals surface area contributed by atoms with Crippen molar-refractivity contribution >= 4 is 10.0 Å². The van der Waals surface area contributed by atoms with E-state index in [1.165, 1.54) is 16.4 Å². The van der Waals surface area contributed by atoms with Gasteiger partial charge >= 0.3 is 0 Å². The van der Waals surface area contributed by atoms with Crippen LogP contribution in [-0.2, 0) is 10.0 Å². The van der Waals surface area contributed by atoms with Crippen LogP contribution in [0.5, 0.6) is 0 Å². The molecule has 0 amide bonds. The molecule has 0 radical (unpaired) electrons. The van der Waals surface area contributed by atoms with Gasteiger partial charge in [0.25, 0.3) is 0 Å². The second kappa shape index (κ2) is 5.19. The molecule has 0 bridgehead atoms. The molecule has 2 rings (SSSR count). The lowest BCUT2D eigenvalue weighted by Crippen LogP contribution is -2.55. The molecule has 1 N–H and O–H groups in total. The van der Waals surface area contributed by atoms with Crippen LogP contribution in [-0.4, -0.2) is 37.9 Å². The Hall–Kier alpha value is -0.980. The molecule has 1 aromatic carbocycles. The predicted octanol–water partition coefficient (Wildman–Crippen LogP) is 1.51. The molecule has 1 heterocycles. The van der Waals surface area contributed by atoms with Crippen LogP contribution in [0.25, 0.3) is 0 Å². The molecule has 106 valence electrons. The van der Waals surface area contributed by atoms with Crippen molar-refractivity contribution in [3.63, 3.8) is 0 Å². The molecule has 1 fully saturated rings. The van der Waals surface area contributed by atoms with Gasteiger partial charge in [0, 0.05) is 25.2 Å². The average molecular weight is 286 g/mol. The highest BCUT2D eigenvalue weighted by Gasteiger charge is 2.32. The molecule has 1 aliphatic rings. The Bertz CT molecular complexity index is 564. The van der Waals surface area contributed by atoms with E-state index in [2.05, 4.69) is 5.32 Å². The molecule has 0 unspecified atom stereocenters. The lowest BCUT2D eigenvalue weighted by Gasteiger charge is -2.35. The standard InChI is InChI=1S/C13H19FN2O2S/c1-9-4-5-12(14)13(6-9)19(17,18)16-7-10(2)15-11(3)8-16/h4-6,10-11,15H,7-8H2,1-3H3/t10-,11+. The van der Waals surface area contributed by atoms with Crippen LogP contribution in [0.1, 0.15) is 19.4 Å². The minimum Gasteiger partial charge on any atom is -0.309 e. The summed E-state index contributed by atoms with van der Waals surface area (Å²) >= 11 is 0. The van der Waals surface area contributed by atoms with E-state index in [1.54, 1.807) is 13.0 Å². The number of piperazine rings is 1. The van der Waals surface area contributed by atoms with Crippen molar-refractivity contribution in [1.82, 2.24) is 9.62 Å². The van der Waals surface area contributed by atoms with Gasteiger partial charge in [-0.3, -0.25) is 0 Å². The van der Waals surface area contributed by atoms with E-state index in [1.807, 2.05) is 13.8 Å². The Morgan fingerprint density at radius 3 is 2.42 bits per heavy atom. The summed E-state index contributed by atoms with van der Waals surface area (Å²) in [6.07, 6.45) is 0. The number of nitrogens with zero attached hydrogens (tertiary/aromatic N) is 1. The van der Waals surface area contributed by atoms with Crippen LogP contribution in [0.4, 0.5) is 4.39 Å². The summed E-state index contributed by atoms with van der Waals surface area (Å²) in [4.78, 5) is -0.228. The van der Waals surface area contributed by atoms with E-state index in [9.17, 15) is 12.8 Å². The van der Waals surface area contributed by atoms with Gasteiger partial charge in [-0.05, 0) is 38.5 Å². The molecule has 4 nitrogen and oxygen atoms in total. The summed E-state index contributed by atoms with van der Waals surface area (Å²) in [5, 5.41) is 3.26. The van der Waals surface area contributed by atoms with Crippen LogP contribution in [0.15, 0.2) is 23.1 Å². The summed E-state index contributed by atoms with van der Waals surface area (Å²) < 4.78 is 40.2. The topological polar surface area (TPSA) is 49.4 Å².